The third-order valence-electron chi connectivity index (χ3n) is 7.57. The first-order chi connectivity index (χ1) is 16.4. The van der Waals surface area contributed by atoms with Crippen LogP contribution in [-0.2, 0) is 14.3 Å². The predicted molar refractivity (Wildman–Crippen MR) is 126 cm³/mol. The fourth-order valence-electron chi connectivity index (χ4n) is 5.73. The molecule has 2 amide bonds. The molecule has 2 aromatic carbocycles. The summed E-state index contributed by atoms with van der Waals surface area (Å²) in [5.74, 6) is -0.630. The van der Waals surface area contributed by atoms with Gasteiger partial charge < -0.3 is 20.1 Å². The molecule has 3 atom stereocenters. The number of nitrogens with one attached hydrogen (secondary N) is 1. The third-order valence-corrected chi connectivity index (χ3v) is 7.57. The normalized spacial score (nSPS) is 23.0. The van der Waals surface area contributed by atoms with Crippen molar-refractivity contribution >= 4 is 18.0 Å². The zero-order valence-corrected chi connectivity index (χ0v) is 19.3. The Morgan fingerprint density at radius 3 is 2.21 bits per heavy atom. The van der Waals surface area contributed by atoms with Crippen LogP contribution in [0.25, 0.3) is 11.1 Å². The Balaban J connectivity index is 1.04. The topological polar surface area (TPSA) is 95.9 Å². The molecule has 7 heteroatoms. The molecule has 34 heavy (non-hydrogen) atoms. The molecule has 0 bridgehead atoms. The van der Waals surface area contributed by atoms with E-state index < -0.39 is 12.1 Å². The van der Waals surface area contributed by atoms with Crippen LogP contribution in [0.2, 0.25) is 0 Å². The first kappa shape index (κ1) is 22.4. The van der Waals surface area contributed by atoms with Gasteiger partial charge in [0, 0.05) is 31.5 Å². The van der Waals surface area contributed by atoms with Gasteiger partial charge in [-0.25, -0.2) is 4.79 Å². The number of carbonyl (C=O) groups excluding carboxylic acids is 2. The van der Waals surface area contributed by atoms with Crippen LogP contribution in [0.4, 0.5) is 4.79 Å². The van der Waals surface area contributed by atoms with Crippen molar-refractivity contribution in [2.45, 2.75) is 38.1 Å². The van der Waals surface area contributed by atoms with Gasteiger partial charge in [0.05, 0.1) is 5.92 Å². The van der Waals surface area contributed by atoms with E-state index in [9.17, 15) is 14.4 Å². The number of rotatable bonds is 8. The Bertz CT molecular complexity index is 1060. The Kier molecular flexibility index (Phi) is 6.02. The highest BCUT2D eigenvalue weighted by atomic mass is 16.5. The molecule has 0 radical (unpaired) electrons. The molecule has 7 nitrogen and oxygen atoms in total. The Hall–Kier alpha value is -3.35. The van der Waals surface area contributed by atoms with Crippen molar-refractivity contribution in [3.63, 3.8) is 0 Å². The second-order valence-corrected chi connectivity index (χ2v) is 9.75. The summed E-state index contributed by atoms with van der Waals surface area (Å²) in [6.45, 7) is 3.32. The molecule has 1 saturated heterocycles. The van der Waals surface area contributed by atoms with E-state index in [0.29, 0.717) is 32.4 Å². The molecule has 5 rings (SSSR count). The van der Waals surface area contributed by atoms with E-state index in [1.165, 1.54) is 22.3 Å². The van der Waals surface area contributed by atoms with Crippen LogP contribution in [0.5, 0.6) is 0 Å². The van der Waals surface area contributed by atoms with Crippen molar-refractivity contribution in [3.8, 4) is 11.1 Å². The lowest BCUT2D eigenvalue weighted by Crippen LogP contribution is -2.35. The molecule has 2 aromatic rings. The summed E-state index contributed by atoms with van der Waals surface area (Å²) in [5, 5.41) is 12.0. The Morgan fingerprint density at radius 2 is 1.62 bits per heavy atom. The number of carboxylic acids is 1. The van der Waals surface area contributed by atoms with E-state index in [1.807, 2.05) is 31.2 Å². The number of nitrogens with zero attached hydrogens (tertiary/aromatic N) is 1. The minimum atomic E-state index is -0.741. The van der Waals surface area contributed by atoms with Gasteiger partial charge in [-0.2, -0.15) is 0 Å². The summed E-state index contributed by atoms with van der Waals surface area (Å²) in [5.41, 5.74) is 4.74. The molecule has 3 unspecified atom stereocenters. The third kappa shape index (κ3) is 4.27. The summed E-state index contributed by atoms with van der Waals surface area (Å²) < 4.78 is 5.59. The van der Waals surface area contributed by atoms with Gasteiger partial charge in [0.1, 0.15) is 6.61 Å². The van der Waals surface area contributed by atoms with E-state index in [4.69, 9.17) is 9.84 Å². The first-order valence-electron chi connectivity index (χ1n) is 12.1. The van der Waals surface area contributed by atoms with Crippen molar-refractivity contribution in [1.29, 1.82) is 0 Å². The van der Waals surface area contributed by atoms with Crippen molar-refractivity contribution in [2.75, 3.05) is 19.7 Å². The summed E-state index contributed by atoms with van der Waals surface area (Å²) in [4.78, 5) is 37.7. The maximum atomic E-state index is 12.4. The minimum absolute atomic E-state index is 0.0264. The van der Waals surface area contributed by atoms with Crippen molar-refractivity contribution in [3.05, 3.63) is 59.7 Å². The number of aliphatic carboxylic acids is 1. The number of benzene rings is 2. The molecule has 0 aromatic heterocycles. The van der Waals surface area contributed by atoms with E-state index >= 15 is 0 Å². The molecule has 1 saturated carbocycles. The zero-order chi connectivity index (χ0) is 23.8. The Labute approximate surface area is 199 Å². The van der Waals surface area contributed by atoms with Gasteiger partial charge in [0.2, 0.25) is 5.91 Å². The van der Waals surface area contributed by atoms with E-state index in [1.54, 1.807) is 4.90 Å². The molecule has 2 N–H and O–H groups in total. The lowest BCUT2D eigenvalue weighted by molar-refractivity contribution is -0.141. The van der Waals surface area contributed by atoms with Gasteiger partial charge in [-0.1, -0.05) is 48.5 Å². The molecule has 2 aliphatic carbocycles. The highest BCUT2D eigenvalue weighted by Gasteiger charge is 2.60. The average Bonchev–Trinajstić information content (AvgIpc) is 3.18. The first-order valence-corrected chi connectivity index (χ1v) is 12.1. The Morgan fingerprint density at radius 1 is 1.03 bits per heavy atom. The van der Waals surface area contributed by atoms with Crippen LogP contribution in [0.15, 0.2) is 48.5 Å². The largest absolute Gasteiger partial charge is 0.481 e. The van der Waals surface area contributed by atoms with Crippen LogP contribution in [-0.4, -0.2) is 53.7 Å². The maximum Gasteiger partial charge on any atom is 0.407 e. The molecule has 2 fully saturated rings. The van der Waals surface area contributed by atoms with Gasteiger partial charge in [0.15, 0.2) is 0 Å². The molecule has 3 aliphatic rings. The number of carbonyl (C=O) groups is 3. The van der Waals surface area contributed by atoms with E-state index in [2.05, 4.69) is 29.6 Å². The number of amides is 2. The lowest BCUT2D eigenvalue weighted by Gasteiger charge is -2.20. The molecule has 1 aliphatic heterocycles. The van der Waals surface area contributed by atoms with Crippen LogP contribution in [0.3, 0.4) is 0 Å². The van der Waals surface area contributed by atoms with Crippen molar-refractivity contribution in [1.82, 2.24) is 10.2 Å². The highest BCUT2D eigenvalue weighted by molar-refractivity contribution is 5.80. The second-order valence-electron chi connectivity index (χ2n) is 9.75. The van der Waals surface area contributed by atoms with Gasteiger partial charge in [-0.3, -0.25) is 9.59 Å². The summed E-state index contributed by atoms with van der Waals surface area (Å²) >= 11 is 0. The standard InChI is InChI=1S/C27H30N2O5/c1-16(7-6-12-24(30)29-13-21-22(14-29)25(21)26(31)32)28-27(33)34-15-23-19-10-4-2-8-17(19)18-9-3-5-11-20(18)23/h2-5,8-11,16,21-23,25H,6-7,12-15H2,1H3,(H,28,33)(H,31,32). The average molecular weight is 463 g/mol. The molecular weight excluding hydrogens is 432 g/mol. The smallest absolute Gasteiger partial charge is 0.407 e. The predicted octanol–water partition coefficient (Wildman–Crippen LogP) is 3.87. The fraction of sp³-hybridized carbons (Fsp3) is 0.444. The molecule has 1 heterocycles. The van der Waals surface area contributed by atoms with Gasteiger partial charge >= 0.3 is 12.1 Å². The zero-order valence-electron chi connectivity index (χ0n) is 19.3. The number of hydrogen-bond acceptors (Lipinski definition) is 4. The second kappa shape index (κ2) is 9.12. The van der Waals surface area contributed by atoms with Crippen LogP contribution < -0.4 is 5.32 Å². The van der Waals surface area contributed by atoms with Gasteiger partial charge in [-0.15, -0.1) is 0 Å². The van der Waals surface area contributed by atoms with Crippen molar-refractivity contribution < 1.29 is 24.2 Å². The summed E-state index contributed by atoms with van der Waals surface area (Å²) in [6.07, 6.45) is 1.31. The number of piperidine rings is 1. The lowest BCUT2D eigenvalue weighted by atomic mass is 9.98. The molecule has 0 spiro atoms. The number of fused-ring (bicyclic) bond motifs is 4. The number of hydrogen-bond donors (Lipinski definition) is 2. The summed E-state index contributed by atoms with van der Waals surface area (Å²) in [7, 11) is 0. The number of likely N-dealkylation sites (tertiary alicyclic amines) is 1. The number of ether oxygens (including phenoxy) is 1. The van der Waals surface area contributed by atoms with Crippen LogP contribution in [0, 0.1) is 17.8 Å². The quantitative estimate of drug-likeness (QED) is 0.621. The van der Waals surface area contributed by atoms with Crippen LogP contribution in [0.1, 0.15) is 43.2 Å². The molecule has 178 valence electrons. The highest BCUT2D eigenvalue weighted by Crippen LogP contribution is 2.51. The SMILES string of the molecule is CC(CCCC(=O)N1CC2C(C1)C2C(=O)O)NC(=O)OCC1c2ccccc2-c2ccccc21. The number of alkyl carbamates (subject to hydrolysis) is 1. The van der Waals surface area contributed by atoms with E-state index in [0.717, 1.165) is 0 Å². The monoisotopic (exact) mass is 462 g/mol. The van der Waals surface area contributed by atoms with Crippen LogP contribution >= 0.6 is 0 Å². The maximum absolute atomic E-state index is 12.4. The van der Waals surface area contributed by atoms with Gasteiger partial charge in [0.25, 0.3) is 0 Å². The van der Waals surface area contributed by atoms with Crippen molar-refractivity contribution in [2.24, 2.45) is 17.8 Å². The molecular formula is C27H30N2O5. The fourth-order valence-corrected chi connectivity index (χ4v) is 5.73. The van der Waals surface area contributed by atoms with E-state index in [-0.39, 0.29) is 42.2 Å². The minimum Gasteiger partial charge on any atom is -0.481 e. The van der Waals surface area contributed by atoms with Gasteiger partial charge in [-0.05, 0) is 53.9 Å². The summed E-state index contributed by atoms with van der Waals surface area (Å²) in [6, 6.07) is 16.4. The number of carboxylic acid groups (broad SMARTS) is 1.